The van der Waals surface area contributed by atoms with Gasteiger partial charge < -0.3 is 15.5 Å². The van der Waals surface area contributed by atoms with Crippen molar-refractivity contribution < 1.29 is 15.0 Å². The molecule has 5 heteroatoms. The van der Waals surface area contributed by atoms with Crippen LogP contribution in [0.5, 0.6) is 0 Å². The Morgan fingerprint density at radius 3 is 2.44 bits per heavy atom. The number of nitrogens with one attached hydrogen (secondary N) is 1. The second-order valence-electron chi connectivity index (χ2n) is 4.34. The molecule has 3 N–H and O–H groups in total. The number of hydrogen-bond donors (Lipinski definition) is 3. The molecule has 0 saturated carbocycles. The molecule has 0 bridgehead atoms. The predicted octanol–water partition coefficient (Wildman–Crippen LogP) is -0.115. The molecule has 1 saturated heterocycles. The molecule has 1 aliphatic carbocycles. The van der Waals surface area contributed by atoms with E-state index < -0.39 is 18.1 Å². The molecule has 2 rings (SSSR count). The monoisotopic (exact) mass is 247 g/mol. The maximum absolute atomic E-state index is 11.8. The van der Waals surface area contributed by atoms with Crippen LogP contribution in [0.4, 0.5) is 0 Å². The Labute approximate surface area is 101 Å². The summed E-state index contributed by atoms with van der Waals surface area (Å²) in [5.41, 5.74) is 0. The third kappa shape index (κ3) is 2.63. The van der Waals surface area contributed by atoms with Gasteiger partial charge in [0.05, 0.1) is 12.0 Å². The van der Waals surface area contributed by atoms with E-state index in [0.29, 0.717) is 0 Å². The zero-order valence-corrected chi connectivity index (χ0v) is 9.82. The van der Waals surface area contributed by atoms with Crippen LogP contribution >= 0.6 is 12.4 Å². The highest BCUT2D eigenvalue weighted by molar-refractivity contribution is 5.89. The van der Waals surface area contributed by atoms with E-state index in [4.69, 9.17) is 0 Å². The predicted molar refractivity (Wildman–Crippen MR) is 62.5 cm³/mol. The first-order valence-electron chi connectivity index (χ1n) is 5.49. The summed E-state index contributed by atoms with van der Waals surface area (Å²) in [5, 5.41) is 22.4. The van der Waals surface area contributed by atoms with E-state index in [1.165, 1.54) is 6.08 Å². The van der Waals surface area contributed by atoms with Gasteiger partial charge >= 0.3 is 0 Å². The van der Waals surface area contributed by atoms with Gasteiger partial charge in [-0.3, -0.25) is 4.79 Å². The van der Waals surface area contributed by atoms with Crippen LogP contribution in [-0.2, 0) is 4.79 Å². The minimum Gasteiger partial charge on any atom is -0.388 e. The molecule has 0 aromatic heterocycles. The fourth-order valence-electron chi connectivity index (χ4n) is 2.51. The third-order valence-electron chi connectivity index (χ3n) is 3.37. The molecule has 3 unspecified atom stereocenters. The van der Waals surface area contributed by atoms with Crippen LogP contribution in [0, 0.1) is 11.8 Å². The summed E-state index contributed by atoms with van der Waals surface area (Å²) in [4.78, 5) is 11.8. The maximum atomic E-state index is 11.8. The van der Waals surface area contributed by atoms with Crippen LogP contribution in [0.3, 0.4) is 0 Å². The van der Waals surface area contributed by atoms with Crippen LogP contribution in [-0.4, -0.2) is 41.3 Å². The van der Waals surface area contributed by atoms with Crippen LogP contribution in [0.1, 0.15) is 12.8 Å². The number of Topliss-reactive ketones (excluding diaryl/α,β-unsaturated/α-hetero) is 1. The first kappa shape index (κ1) is 13.6. The molecular formula is C11H18ClNO3. The van der Waals surface area contributed by atoms with Crippen LogP contribution in [0.25, 0.3) is 0 Å². The van der Waals surface area contributed by atoms with Crippen molar-refractivity contribution in [3.05, 3.63) is 12.2 Å². The summed E-state index contributed by atoms with van der Waals surface area (Å²) in [5.74, 6) is -0.433. The Morgan fingerprint density at radius 2 is 1.81 bits per heavy atom. The van der Waals surface area contributed by atoms with Crippen molar-refractivity contribution in [3.63, 3.8) is 0 Å². The van der Waals surface area contributed by atoms with Gasteiger partial charge in [-0.1, -0.05) is 12.2 Å². The van der Waals surface area contributed by atoms with Crippen molar-refractivity contribution in [3.8, 4) is 0 Å². The Bertz CT molecular complexity index is 276. The van der Waals surface area contributed by atoms with Crippen LogP contribution in [0.2, 0.25) is 0 Å². The quantitative estimate of drug-likeness (QED) is 0.566. The molecule has 0 aromatic rings. The van der Waals surface area contributed by atoms with Gasteiger partial charge in [0.2, 0.25) is 0 Å². The van der Waals surface area contributed by atoms with E-state index in [1.54, 1.807) is 6.08 Å². The molecule has 3 atom stereocenters. The lowest BCUT2D eigenvalue weighted by Crippen LogP contribution is -2.45. The minimum absolute atomic E-state index is 0. The van der Waals surface area contributed by atoms with Gasteiger partial charge in [-0.05, 0) is 31.8 Å². The molecule has 1 fully saturated rings. The molecule has 0 radical (unpaired) electrons. The average molecular weight is 248 g/mol. The lowest BCUT2D eigenvalue weighted by molar-refractivity contribution is -0.135. The molecule has 1 heterocycles. The van der Waals surface area contributed by atoms with E-state index in [0.717, 1.165) is 25.9 Å². The van der Waals surface area contributed by atoms with Crippen molar-refractivity contribution in [2.45, 2.75) is 25.0 Å². The van der Waals surface area contributed by atoms with Crippen molar-refractivity contribution in [1.82, 2.24) is 5.32 Å². The number of rotatable bonds is 1. The second-order valence-corrected chi connectivity index (χ2v) is 4.34. The van der Waals surface area contributed by atoms with E-state index in [9.17, 15) is 15.0 Å². The second kappa shape index (κ2) is 5.77. The number of hydrogen-bond acceptors (Lipinski definition) is 4. The first-order chi connectivity index (χ1) is 7.20. The lowest BCUT2D eigenvalue weighted by Gasteiger charge is -2.34. The van der Waals surface area contributed by atoms with E-state index in [2.05, 4.69) is 5.32 Å². The SMILES string of the molecule is Cl.O=C1C(O)C=CC(O)C1C1CCNCC1. The molecule has 16 heavy (non-hydrogen) atoms. The van der Waals surface area contributed by atoms with Gasteiger partial charge in [0, 0.05) is 0 Å². The number of carbonyl (C=O) groups excluding carboxylic acids is 1. The molecule has 0 amide bonds. The number of aliphatic hydroxyl groups is 2. The topological polar surface area (TPSA) is 69.6 Å². The van der Waals surface area contributed by atoms with Gasteiger partial charge in [0.25, 0.3) is 0 Å². The number of piperidine rings is 1. The number of ketones is 1. The van der Waals surface area contributed by atoms with Crippen molar-refractivity contribution >= 4 is 18.2 Å². The average Bonchev–Trinajstić information content (AvgIpc) is 2.26. The summed E-state index contributed by atoms with van der Waals surface area (Å²) < 4.78 is 0. The summed E-state index contributed by atoms with van der Waals surface area (Å²) in [6.45, 7) is 1.78. The highest BCUT2D eigenvalue weighted by Gasteiger charge is 2.38. The Hall–Kier alpha value is -0.420. The van der Waals surface area contributed by atoms with Gasteiger partial charge in [0.15, 0.2) is 5.78 Å². The molecule has 2 aliphatic rings. The number of aliphatic hydroxyl groups excluding tert-OH is 2. The molecular weight excluding hydrogens is 230 g/mol. The lowest BCUT2D eigenvalue weighted by atomic mass is 9.75. The highest BCUT2D eigenvalue weighted by atomic mass is 35.5. The van der Waals surface area contributed by atoms with Crippen molar-refractivity contribution in [2.75, 3.05) is 13.1 Å². The van der Waals surface area contributed by atoms with Gasteiger partial charge in [-0.25, -0.2) is 0 Å². The Morgan fingerprint density at radius 1 is 1.19 bits per heavy atom. The zero-order chi connectivity index (χ0) is 10.8. The van der Waals surface area contributed by atoms with Crippen LogP contribution < -0.4 is 5.32 Å². The first-order valence-corrected chi connectivity index (χ1v) is 5.49. The third-order valence-corrected chi connectivity index (χ3v) is 3.37. The largest absolute Gasteiger partial charge is 0.388 e. The molecule has 0 spiro atoms. The summed E-state index contributed by atoms with van der Waals surface area (Å²) >= 11 is 0. The fourth-order valence-corrected chi connectivity index (χ4v) is 2.51. The number of halogens is 1. The van der Waals surface area contributed by atoms with E-state index in [-0.39, 0.29) is 24.1 Å². The van der Waals surface area contributed by atoms with E-state index >= 15 is 0 Å². The van der Waals surface area contributed by atoms with Crippen molar-refractivity contribution in [2.24, 2.45) is 11.8 Å². The van der Waals surface area contributed by atoms with Gasteiger partial charge in [-0.15, -0.1) is 12.4 Å². The van der Waals surface area contributed by atoms with E-state index in [1.807, 2.05) is 0 Å². The fraction of sp³-hybridized carbons (Fsp3) is 0.727. The normalized spacial score (nSPS) is 35.9. The summed E-state index contributed by atoms with van der Waals surface area (Å²) in [6, 6.07) is 0. The molecule has 92 valence electrons. The smallest absolute Gasteiger partial charge is 0.171 e. The van der Waals surface area contributed by atoms with Crippen molar-refractivity contribution in [1.29, 1.82) is 0 Å². The Balaban J connectivity index is 0.00000128. The standard InChI is InChI=1S/C11H17NO3.ClH/c13-8-1-2-9(14)11(15)10(8)7-3-5-12-6-4-7;/h1-2,7-10,12-14H,3-6H2;1H. The molecule has 4 nitrogen and oxygen atoms in total. The minimum atomic E-state index is -1.02. The molecule has 1 aliphatic heterocycles. The number of carbonyl (C=O) groups is 1. The zero-order valence-electron chi connectivity index (χ0n) is 9.00. The highest BCUT2D eigenvalue weighted by Crippen LogP contribution is 2.29. The Kier molecular flexibility index (Phi) is 4.92. The summed E-state index contributed by atoms with van der Waals surface area (Å²) in [6.07, 6.45) is 2.98. The maximum Gasteiger partial charge on any atom is 0.171 e. The van der Waals surface area contributed by atoms with Gasteiger partial charge in [0.1, 0.15) is 6.10 Å². The summed E-state index contributed by atoms with van der Waals surface area (Å²) in [7, 11) is 0. The van der Waals surface area contributed by atoms with Crippen LogP contribution in [0.15, 0.2) is 12.2 Å². The van der Waals surface area contributed by atoms with Gasteiger partial charge in [-0.2, -0.15) is 0 Å². The molecule has 0 aromatic carbocycles.